The van der Waals surface area contributed by atoms with E-state index in [1.54, 1.807) is 18.5 Å². The van der Waals surface area contributed by atoms with E-state index in [0.29, 0.717) is 17.7 Å². The van der Waals surface area contributed by atoms with Gasteiger partial charge < -0.3 is 10.4 Å². The largest absolute Gasteiger partial charge is 0.384 e. The van der Waals surface area contributed by atoms with Crippen LogP contribution in [0.4, 0.5) is 0 Å². The smallest absolute Gasteiger partial charge is 0.252 e. The van der Waals surface area contributed by atoms with Gasteiger partial charge in [-0.2, -0.15) is 0 Å². The first-order chi connectivity index (χ1) is 9.31. The van der Waals surface area contributed by atoms with Crippen molar-refractivity contribution in [3.8, 4) is 11.8 Å². The summed E-state index contributed by atoms with van der Waals surface area (Å²) in [6.07, 6.45) is 8.04. The van der Waals surface area contributed by atoms with Crippen LogP contribution in [0.15, 0.2) is 18.5 Å². The number of nitrogens with zero attached hydrogens (tertiary/aromatic N) is 1. The lowest BCUT2D eigenvalue weighted by atomic mass is 10.1. The molecule has 1 aromatic heterocycles. The van der Waals surface area contributed by atoms with Crippen molar-refractivity contribution >= 4 is 5.91 Å². The molecular weight excluding hydrogens is 240 g/mol. The number of hydrogen-bond donors (Lipinski definition) is 2. The molecule has 100 valence electrons. The topological polar surface area (TPSA) is 62.2 Å². The molecule has 0 radical (unpaired) electrons. The van der Waals surface area contributed by atoms with Gasteiger partial charge >= 0.3 is 0 Å². The maximum atomic E-state index is 12.0. The first-order valence-electron chi connectivity index (χ1n) is 6.63. The molecule has 2 N–H and O–H groups in total. The van der Waals surface area contributed by atoms with Crippen molar-refractivity contribution in [1.82, 2.24) is 10.3 Å². The Labute approximate surface area is 113 Å². The Morgan fingerprint density at radius 3 is 3.11 bits per heavy atom. The molecule has 4 heteroatoms. The number of hydrogen-bond acceptors (Lipinski definition) is 3. The summed E-state index contributed by atoms with van der Waals surface area (Å²) < 4.78 is 0. The van der Waals surface area contributed by atoms with Crippen LogP contribution in [0.25, 0.3) is 0 Å². The maximum absolute atomic E-state index is 12.0. The number of nitrogens with one attached hydrogen (secondary N) is 1. The zero-order chi connectivity index (χ0) is 13.5. The SMILES string of the molecule is O=C(NCCCC1CC1)c1ccncc1C#CCO. The van der Waals surface area contributed by atoms with Crippen LogP contribution in [-0.2, 0) is 0 Å². The standard InChI is InChI=1S/C15H18N2O2/c18-10-2-4-13-11-16-9-7-14(13)15(19)17-8-1-3-12-5-6-12/h7,9,11-12,18H,1,3,5-6,8,10H2,(H,17,19). The van der Waals surface area contributed by atoms with Crippen molar-refractivity contribution in [2.75, 3.05) is 13.2 Å². The van der Waals surface area contributed by atoms with Crippen LogP contribution in [-0.4, -0.2) is 29.1 Å². The van der Waals surface area contributed by atoms with Crippen LogP contribution >= 0.6 is 0 Å². The van der Waals surface area contributed by atoms with Crippen molar-refractivity contribution in [2.45, 2.75) is 25.7 Å². The summed E-state index contributed by atoms with van der Waals surface area (Å²) in [6.45, 7) is 0.474. The fourth-order valence-corrected chi connectivity index (χ4v) is 1.92. The Kier molecular flexibility index (Phi) is 4.93. The monoisotopic (exact) mass is 258 g/mol. The molecule has 2 rings (SSSR count). The Morgan fingerprint density at radius 1 is 1.53 bits per heavy atom. The van der Waals surface area contributed by atoms with E-state index >= 15 is 0 Å². The number of rotatable bonds is 5. The molecule has 0 aromatic carbocycles. The highest BCUT2D eigenvalue weighted by atomic mass is 16.2. The fourth-order valence-electron chi connectivity index (χ4n) is 1.92. The van der Waals surface area contributed by atoms with E-state index in [-0.39, 0.29) is 12.5 Å². The van der Waals surface area contributed by atoms with Gasteiger partial charge in [-0.05, 0) is 24.8 Å². The van der Waals surface area contributed by atoms with E-state index in [4.69, 9.17) is 5.11 Å². The number of carbonyl (C=O) groups is 1. The van der Waals surface area contributed by atoms with Gasteiger partial charge in [0.25, 0.3) is 5.91 Å². The van der Waals surface area contributed by atoms with Crippen LogP contribution in [0.2, 0.25) is 0 Å². The third-order valence-electron chi connectivity index (χ3n) is 3.14. The summed E-state index contributed by atoms with van der Waals surface area (Å²) in [7, 11) is 0. The van der Waals surface area contributed by atoms with Gasteiger partial charge in [0.2, 0.25) is 0 Å². The first kappa shape index (κ1) is 13.6. The molecule has 0 aliphatic heterocycles. The molecule has 1 heterocycles. The van der Waals surface area contributed by atoms with Gasteiger partial charge in [-0.1, -0.05) is 24.7 Å². The lowest BCUT2D eigenvalue weighted by Gasteiger charge is -2.06. The zero-order valence-electron chi connectivity index (χ0n) is 10.9. The molecule has 0 saturated heterocycles. The van der Waals surface area contributed by atoms with Crippen LogP contribution in [0.3, 0.4) is 0 Å². The number of pyridine rings is 1. The average Bonchev–Trinajstić information content (AvgIpc) is 3.25. The molecule has 0 atom stereocenters. The Bertz CT molecular complexity index is 498. The molecule has 1 aliphatic rings. The minimum atomic E-state index is -0.225. The van der Waals surface area contributed by atoms with E-state index < -0.39 is 0 Å². The van der Waals surface area contributed by atoms with Crippen molar-refractivity contribution in [2.24, 2.45) is 5.92 Å². The van der Waals surface area contributed by atoms with Crippen molar-refractivity contribution in [1.29, 1.82) is 0 Å². The summed E-state index contributed by atoms with van der Waals surface area (Å²) >= 11 is 0. The second-order valence-corrected chi connectivity index (χ2v) is 4.72. The second kappa shape index (κ2) is 6.91. The molecule has 19 heavy (non-hydrogen) atoms. The van der Waals surface area contributed by atoms with Gasteiger partial charge in [0.1, 0.15) is 6.61 Å². The number of aliphatic hydroxyl groups excluding tert-OH is 1. The second-order valence-electron chi connectivity index (χ2n) is 4.72. The van der Waals surface area contributed by atoms with Crippen molar-refractivity contribution in [3.63, 3.8) is 0 Å². The Balaban J connectivity index is 1.89. The average molecular weight is 258 g/mol. The normalized spacial score (nSPS) is 13.5. The summed E-state index contributed by atoms with van der Waals surface area (Å²) in [5, 5.41) is 11.6. The summed E-state index contributed by atoms with van der Waals surface area (Å²) in [5.41, 5.74) is 1.07. The highest BCUT2D eigenvalue weighted by Gasteiger charge is 2.20. The molecular formula is C15H18N2O2. The zero-order valence-corrected chi connectivity index (χ0v) is 10.9. The molecule has 0 bridgehead atoms. The Morgan fingerprint density at radius 2 is 2.37 bits per heavy atom. The van der Waals surface area contributed by atoms with Crippen LogP contribution in [0.1, 0.15) is 41.6 Å². The van der Waals surface area contributed by atoms with Gasteiger partial charge in [0, 0.05) is 18.9 Å². The number of carbonyl (C=O) groups excluding carboxylic acids is 1. The quantitative estimate of drug-likeness (QED) is 0.619. The minimum absolute atomic E-state index is 0.125. The molecule has 1 aromatic rings. The highest BCUT2D eigenvalue weighted by Crippen LogP contribution is 2.33. The van der Waals surface area contributed by atoms with Gasteiger partial charge in [-0.3, -0.25) is 9.78 Å². The summed E-state index contributed by atoms with van der Waals surface area (Å²) in [4.78, 5) is 16.0. The maximum Gasteiger partial charge on any atom is 0.252 e. The summed E-state index contributed by atoms with van der Waals surface area (Å²) in [6, 6.07) is 1.65. The minimum Gasteiger partial charge on any atom is -0.384 e. The predicted molar refractivity (Wildman–Crippen MR) is 72.5 cm³/mol. The molecule has 0 spiro atoms. The van der Waals surface area contributed by atoms with E-state index in [1.807, 2.05) is 0 Å². The van der Waals surface area contributed by atoms with E-state index in [2.05, 4.69) is 22.1 Å². The number of aliphatic hydroxyl groups is 1. The van der Waals surface area contributed by atoms with Crippen LogP contribution in [0.5, 0.6) is 0 Å². The van der Waals surface area contributed by atoms with E-state index in [1.165, 1.54) is 19.3 Å². The van der Waals surface area contributed by atoms with Crippen LogP contribution in [0, 0.1) is 17.8 Å². The molecule has 1 fully saturated rings. The first-order valence-corrected chi connectivity index (χ1v) is 6.63. The Hall–Kier alpha value is -1.86. The fraction of sp³-hybridized carbons (Fsp3) is 0.467. The van der Waals surface area contributed by atoms with Gasteiger partial charge in [-0.15, -0.1) is 0 Å². The molecule has 1 saturated carbocycles. The van der Waals surface area contributed by atoms with Gasteiger partial charge in [-0.25, -0.2) is 0 Å². The molecule has 1 amide bonds. The van der Waals surface area contributed by atoms with Crippen molar-refractivity contribution in [3.05, 3.63) is 29.6 Å². The molecule has 1 aliphatic carbocycles. The third kappa shape index (κ3) is 4.38. The van der Waals surface area contributed by atoms with Gasteiger partial charge in [0.15, 0.2) is 0 Å². The van der Waals surface area contributed by atoms with Gasteiger partial charge in [0.05, 0.1) is 11.1 Å². The van der Waals surface area contributed by atoms with Crippen LogP contribution < -0.4 is 5.32 Å². The number of amides is 1. The molecule has 4 nitrogen and oxygen atoms in total. The van der Waals surface area contributed by atoms with E-state index in [0.717, 1.165) is 12.3 Å². The van der Waals surface area contributed by atoms with E-state index in [9.17, 15) is 4.79 Å². The lowest BCUT2D eigenvalue weighted by molar-refractivity contribution is 0.0952. The lowest BCUT2D eigenvalue weighted by Crippen LogP contribution is -2.25. The van der Waals surface area contributed by atoms with Crippen molar-refractivity contribution < 1.29 is 9.90 Å². The highest BCUT2D eigenvalue weighted by molar-refractivity contribution is 5.96. The molecule has 0 unspecified atom stereocenters. The number of aromatic nitrogens is 1. The predicted octanol–water partition coefficient (Wildman–Crippen LogP) is 1.35. The summed E-state index contributed by atoms with van der Waals surface area (Å²) in [5.74, 6) is 6.04. The third-order valence-corrected chi connectivity index (χ3v) is 3.14.